The molecule has 0 spiro atoms. The maximum absolute atomic E-state index is 12.2. The predicted molar refractivity (Wildman–Crippen MR) is 66.1 cm³/mol. The Morgan fingerprint density at radius 3 is 2.28 bits per heavy atom. The number of benzene rings is 1. The quantitative estimate of drug-likeness (QED) is 0.440. The molecule has 0 amide bonds. The van der Waals surface area contributed by atoms with Crippen molar-refractivity contribution in [3.63, 3.8) is 0 Å². The van der Waals surface area contributed by atoms with Gasteiger partial charge in [0.25, 0.3) is 5.54 Å². The molecule has 0 saturated carbocycles. The van der Waals surface area contributed by atoms with Gasteiger partial charge in [-0.1, -0.05) is 30.3 Å². The summed E-state index contributed by atoms with van der Waals surface area (Å²) in [5.41, 5.74) is -1.45. The third-order valence-corrected chi connectivity index (χ3v) is 2.89. The van der Waals surface area contributed by atoms with E-state index >= 15 is 0 Å². The molecule has 0 bridgehead atoms. The summed E-state index contributed by atoms with van der Waals surface area (Å²) in [7, 11) is 0. The number of rotatable bonds is 6. The van der Waals surface area contributed by atoms with Crippen LogP contribution in [0.5, 0.6) is 0 Å². The summed E-state index contributed by atoms with van der Waals surface area (Å²) in [5, 5.41) is 11.1. The van der Waals surface area contributed by atoms with Gasteiger partial charge >= 0.3 is 0 Å². The molecule has 0 radical (unpaired) electrons. The second kappa shape index (κ2) is 5.53. The van der Waals surface area contributed by atoms with Gasteiger partial charge in [0.15, 0.2) is 0 Å². The lowest BCUT2D eigenvalue weighted by atomic mass is 9.87. The average molecular weight is 249 g/mol. The van der Waals surface area contributed by atoms with E-state index in [0.717, 1.165) is 0 Å². The van der Waals surface area contributed by atoms with Gasteiger partial charge in [0, 0.05) is 30.3 Å². The summed E-state index contributed by atoms with van der Waals surface area (Å²) in [6.45, 7) is 2.62. The highest BCUT2D eigenvalue weighted by Crippen LogP contribution is 2.22. The van der Waals surface area contributed by atoms with E-state index in [4.69, 9.17) is 0 Å². The van der Waals surface area contributed by atoms with Crippen molar-refractivity contribution in [3.8, 4) is 0 Å². The van der Waals surface area contributed by atoms with E-state index in [9.17, 15) is 19.7 Å². The molecule has 96 valence electrons. The fourth-order valence-electron chi connectivity index (χ4n) is 1.61. The molecule has 1 atom stereocenters. The zero-order valence-corrected chi connectivity index (χ0v) is 10.4. The Morgan fingerprint density at radius 1 is 1.28 bits per heavy atom. The summed E-state index contributed by atoms with van der Waals surface area (Å²) in [6, 6.07) is 8.11. The van der Waals surface area contributed by atoms with Crippen LogP contribution >= 0.6 is 0 Å². The van der Waals surface area contributed by atoms with Crippen molar-refractivity contribution in [1.29, 1.82) is 0 Å². The zero-order valence-electron chi connectivity index (χ0n) is 10.4. The maximum atomic E-state index is 12.2. The van der Waals surface area contributed by atoms with Crippen LogP contribution in [0.2, 0.25) is 0 Å². The average Bonchev–Trinajstić information content (AvgIpc) is 2.35. The van der Waals surface area contributed by atoms with Crippen molar-refractivity contribution in [2.75, 3.05) is 0 Å². The van der Waals surface area contributed by atoms with Crippen LogP contribution in [0.25, 0.3) is 0 Å². The number of carbonyl (C=O) groups is 2. The Balaban J connectivity index is 3.01. The molecule has 0 aliphatic rings. The first-order chi connectivity index (χ1) is 8.38. The van der Waals surface area contributed by atoms with Gasteiger partial charge in [0.05, 0.1) is 0 Å². The van der Waals surface area contributed by atoms with Crippen molar-refractivity contribution >= 4 is 11.6 Å². The van der Waals surface area contributed by atoms with Crippen LogP contribution in [0.3, 0.4) is 0 Å². The standard InChI is InChI=1S/C13H15NO4/c1-10(15)8-9-13(2,14(17)18)12(16)11-6-4-3-5-7-11/h3-7H,8-9H2,1-2H3. The lowest BCUT2D eigenvalue weighted by Crippen LogP contribution is -2.43. The van der Waals surface area contributed by atoms with E-state index in [0.29, 0.717) is 5.56 Å². The minimum Gasteiger partial charge on any atom is -0.300 e. The SMILES string of the molecule is CC(=O)CCC(C)(C(=O)c1ccccc1)[N+](=O)[O-]. The van der Waals surface area contributed by atoms with Crippen LogP contribution in [-0.2, 0) is 4.79 Å². The topological polar surface area (TPSA) is 77.3 Å². The highest BCUT2D eigenvalue weighted by molar-refractivity contribution is 6.02. The van der Waals surface area contributed by atoms with E-state index in [1.165, 1.54) is 26.0 Å². The van der Waals surface area contributed by atoms with Crippen LogP contribution in [0.15, 0.2) is 30.3 Å². The Hall–Kier alpha value is -2.04. The first-order valence-corrected chi connectivity index (χ1v) is 5.61. The Kier molecular flexibility index (Phi) is 4.31. The van der Waals surface area contributed by atoms with Gasteiger partial charge in [-0.15, -0.1) is 0 Å². The van der Waals surface area contributed by atoms with E-state index in [1.807, 2.05) is 0 Å². The summed E-state index contributed by atoms with van der Waals surface area (Å²) in [5.74, 6) is -0.724. The molecule has 1 aromatic rings. The molecule has 0 N–H and O–H groups in total. The zero-order chi connectivity index (χ0) is 13.8. The minimum absolute atomic E-state index is 0.0239. The number of carbonyl (C=O) groups excluding carboxylic acids is 2. The van der Waals surface area contributed by atoms with E-state index < -0.39 is 16.2 Å². The fourth-order valence-corrected chi connectivity index (χ4v) is 1.61. The van der Waals surface area contributed by atoms with E-state index in [-0.39, 0.29) is 18.6 Å². The van der Waals surface area contributed by atoms with Crippen LogP contribution < -0.4 is 0 Å². The molecule has 0 heterocycles. The van der Waals surface area contributed by atoms with Crippen molar-refractivity contribution in [1.82, 2.24) is 0 Å². The van der Waals surface area contributed by atoms with Crippen molar-refractivity contribution in [2.24, 2.45) is 0 Å². The Labute approximate surface area is 105 Å². The van der Waals surface area contributed by atoms with Gasteiger partial charge in [0.2, 0.25) is 5.78 Å². The minimum atomic E-state index is -1.74. The van der Waals surface area contributed by atoms with E-state index in [2.05, 4.69) is 0 Å². The molecule has 1 aromatic carbocycles. The normalized spacial score (nSPS) is 13.7. The van der Waals surface area contributed by atoms with Crippen molar-refractivity contribution in [3.05, 3.63) is 46.0 Å². The number of hydrogen-bond donors (Lipinski definition) is 0. The molecule has 0 fully saturated rings. The van der Waals surface area contributed by atoms with Gasteiger partial charge in [-0.25, -0.2) is 0 Å². The summed E-state index contributed by atoms with van der Waals surface area (Å²) in [4.78, 5) is 33.6. The molecule has 0 saturated heterocycles. The van der Waals surface area contributed by atoms with Crippen molar-refractivity contribution < 1.29 is 14.5 Å². The summed E-state index contributed by atoms with van der Waals surface area (Å²) < 4.78 is 0. The van der Waals surface area contributed by atoms with Crippen LogP contribution in [0, 0.1) is 10.1 Å². The molecule has 5 heteroatoms. The Bertz CT molecular complexity index is 469. The predicted octanol–water partition coefficient (Wildman–Crippen LogP) is 2.27. The number of nitrogens with zero attached hydrogens (tertiary/aromatic N) is 1. The van der Waals surface area contributed by atoms with Crippen LogP contribution in [0.1, 0.15) is 37.0 Å². The number of ketones is 2. The molecule has 0 aliphatic carbocycles. The first kappa shape index (κ1) is 14.0. The van der Waals surface area contributed by atoms with Crippen LogP contribution in [0.4, 0.5) is 0 Å². The molecule has 0 aliphatic heterocycles. The van der Waals surface area contributed by atoms with Crippen molar-refractivity contribution in [2.45, 2.75) is 32.2 Å². The van der Waals surface area contributed by atoms with Gasteiger partial charge in [0.1, 0.15) is 5.78 Å². The van der Waals surface area contributed by atoms with Gasteiger partial charge in [-0.3, -0.25) is 14.9 Å². The summed E-state index contributed by atoms with van der Waals surface area (Å²) in [6.07, 6.45) is -0.0564. The molecule has 0 aromatic heterocycles. The lowest BCUT2D eigenvalue weighted by Gasteiger charge is -2.18. The molecular formula is C13H15NO4. The largest absolute Gasteiger partial charge is 0.300 e. The van der Waals surface area contributed by atoms with Crippen LogP contribution in [-0.4, -0.2) is 22.0 Å². The van der Waals surface area contributed by atoms with Gasteiger partial charge < -0.3 is 4.79 Å². The third-order valence-electron chi connectivity index (χ3n) is 2.89. The molecule has 18 heavy (non-hydrogen) atoms. The number of hydrogen-bond acceptors (Lipinski definition) is 4. The maximum Gasteiger partial charge on any atom is 0.281 e. The smallest absolute Gasteiger partial charge is 0.281 e. The Morgan fingerprint density at radius 2 is 1.83 bits per heavy atom. The second-order valence-electron chi connectivity index (χ2n) is 4.43. The van der Waals surface area contributed by atoms with Gasteiger partial charge in [-0.2, -0.15) is 0 Å². The van der Waals surface area contributed by atoms with E-state index in [1.54, 1.807) is 18.2 Å². The summed E-state index contributed by atoms with van der Waals surface area (Å²) >= 11 is 0. The third kappa shape index (κ3) is 3.00. The monoisotopic (exact) mass is 249 g/mol. The highest BCUT2D eigenvalue weighted by Gasteiger charge is 2.45. The molecule has 1 unspecified atom stereocenters. The highest BCUT2D eigenvalue weighted by atomic mass is 16.6. The lowest BCUT2D eigenvalue weighted by molar-refractivity contribution is -0.546. The number of nitro groups is 1. The molecular weight excluding hydrogens is 234 g/mol. The molecule has 1 rings (SSSR count). The molecule has 5 nitrogen and oxygen atoms in total. The van der Waals surface area contributed by atoms with Gasteiger partial charge in [-0.05, 0) is 6.92 Å². The number of Topliss-reactive ketones (excluding diaryl/α,β-unsaturated/α-hetero) is 2. The fraction of sp³-hybridized carbons (Fsp3) is 0.385. The first-order valence-electron chi connectivity index (χ1n) is 5.61. The second-order valence-corrected chi connectivity index (χ2v) is 4.43.